The zero-order valence-electron chi connectivity index (χ0n) is 9.02. The molecular formula is C12H15ClO. The summed E-state index contributed by atoms with van der Waals surface area (Å²) in [6.45, 7) is 8.54. The highest BCUT2D eigenvalue weighted by molar-refractivity contribution is 6.31. The number of rotatable bonds is 0. The van der Waals surface area contributed by atoms with Crippen molar-refractivity contribution in [3.8, 4) is 5.75 Å². The van der Waals surface area contributed by atoms with Crippen LogP contribution in [0, 0.1) is 0 Å². The van der Waals surface area contributed by atoms with E-state index in [9.17, 15) is 0 Å². The Bertz CT molecular complexity index is 380. The van der Waals surface area contributed by atoms with Gasteiger partial charge in [0.05, 0.1) is 0 Å². The number of hydrogen-bond donors (Lipinski definition) is 0. The van der Waals surface area contributed by atoms with Crippen molar-refractivity contribution < 1.29 is 4.74 Å². The van der Waals surface area contributed by atoms with Crippen LogP contribution >= 0.6 is 11.6 Å². The third-order valence-corrected chi connectivity index (χ3v) is 3.79. The van der Waals surface area contributed by atoms with E-state index in [0.717, 1.165) is 16.3 Å². The predicted molar refractivity (Wildman–Crippen MR) is 59.2 cm³/mol. The number of fused-ring (bicyclic) bond motifs is 1. The summed E-state index contributed by atoms with van der Waals surface area (Å²) < 4.78 is 5.91. The molecule has 2 heteroatoms. The fourth-order valence-electron chi connectivity index (χ4n) is 1.90. The van der Waals surface area contributed by atoms with Crippen LogP contribution in [0.1, 0.15) is 33.3 Å². The molecule has 0 spiro atoms. The van der Waals surface area contributed by atoms with E-state index < -0.39 is 0 Å². The molecule has 1 aromatic carbocycles. The minimum Gasteiger partial charge on any atom is -0.487 e. The third-order valence-electron chi connectivity index (χ3n) is 3.47. The van der Waals surface area contributed by atoms with Gasteiger partial charge in [-0.1, -0.05) is 31.5 Å². The van der Waals surface area contributed by atoms with E-state index in [1.807, 2.05) is 18.2 Å². The molecule has 14 heavy (non-hydrogen) atoms. The zero-order chi connectivity index (χ0) is 10.6. The lowest BCUT2D eigenvalue weighted by Crippen LogP contribution is -2.42. The van der Waals surface area contributed by atoms with Gasteiger partial charge in [-0.05, 0) is 26.0 Å². The first-order valence-corrected chi connectivity index (χ1v) is 5.22. The molecular weight excluding hydrogens is 196 g/mol. The normalized spacial score (nSPS) is 21.5. The highest BCUT2D eigenvalue weighted by Gasteiger charge is 2.48. The number of ether oxygens (including phenoxy) is 1. The molecule has 0 atom stereocenters. The minimum atomic E-state index is -0.194. The van der Waals surface area contributed by atoms with Crippen molar-refractivity contribution in [2.45, 2.75) is 38.7 Å². The molecule has 1 aliphatic rings. The van der Waals surface area contributed by atoms with Crippen LogP contribution < -0.4 is 4.74 Å². The lowest BCUT2D eigenvalue weighted by Gasteiger charge is -2.33. The van der Waals surface area contributed by atoms with Crippen LogP contribution in [0.25, 0.3) is 0 Å². The summed E-state index contributed by atoms with van der Waals surface area (Å²) in [5, 5.41) is 0.804. The first-order chi connectivity index (χ1) is 6.36. The summed E-state index contributed by atoms with van der Waals surface area (Å²) in [5.41, 5.74) is 0.896. The zero-order valence-corrected chi connectivity index (χ0v) is 9.77. The Kier molecular flexibility index (Phi) is 1.87. The fraction of sp³-hybridized carbons (Fsp3) is 0.500. The van der Waals surface area contributed by atoms with Gasteiger partial charge in [-0.3, -0.25) is 0 Å². The molecule has 0 aliphatic carbocycles. The van der Waals surface area contributed by atoms with Crippen molar-refractivity contribution in [1.29, 1.82) is 0 Å². The highest BCUT2D eigenvalue weighted by atomic mass is 35.5. The smallest absolute Gasteiger partial charge is 0.125 e. The van der Waals surface area contributed by atoms with Crippen LogP contribution in [-0.4, -0.2) is 5.60 Å². The predicted octanol–water partition coefficient (Wildman–Crippen LogP) is 3.79. The molecule has 76 valence electrons. The molecule has 1 nitrogen and oxygen atoms in total. The molecule has 1 heterocycles. The first kappa shape index (κ1) is 9.85. The van der Waals surface area contributed by atoms with Gasteiger partial charge >= 0.3 is 0 Å². The standard InChI is InChI=1S/C12H15ClO/c1-11(2)10-8(13)6-5-7-9(10)14-12(11,3)4/h5-7H,1-4H3. The second kappa shape index (κ2) is 2.66. The summed E-state index contributed by atoms with van der Waals surface area (Å²) in [6, 6.07) is 5.84. The van der Waals surface area contributed by atoms with Gasteiger partial charge in [-0.15, -0.1) is 0 Å². The van der Waals surface area contributed by atoms with Crippen LogP contribution in [0.2, 0.25) is 5.02 Å². The number of hydrogen-bond acceptors (Lipinski definition) is 1. The van der Waals surface area contributed by atoms with E-state index >= 15 is 0 Å². The van der Waals surface area contributed by atoms with Crippen LogP contribution in [0.4, 0.5) is 0 Å². The van der Waals surface area contributed by atoms with Crippen molar-refractivity contribution >= 4 is 11.6 Å². The molecule has 0 amide bonds. The fourth-order valence-corrected chi connectivity index (χ4v) is 2.30. The molecule has 0 aromatic heterocycles. The summed E-state index contributed by atoms with van der Waals surface area (Å²) in [4.78, 5) is 0. The summed E-state index contributed by atoms with van der Waals surface area (Å²) in [7, 11) is 0. The van der Waals surface area contributed by atoms with Crippen LogP contribution in [0.15, 0.2) is 18.2 Å². The number of benzene rings is 1. The van der Waals surface area contributed by atoms with Gasteiger partial charge in [0.15, 0.2) is 0 Å². The van der Waals surface area contributed by atoms with Crippen LogP contribution in [0.5, 0.6) is 5.75 Å². The van der Waals surface area contributed by atoms with E-state index in [1.54, 1.807) is 0 Å². The maximum Gasteiger partial charge on any atom is 0.125 e. The Morgan fingerprint density at radius 3 is 2.36 bits per heavy atom. The van der Waals surface area contributed by atoms with Crippen molar-refractivity contribution in [2.75, 3.05) is 0 Å². The van der Waals surface area contributed by atoms with Crippen molar-refractivity contribution in [3.63, 3.8) is 0 Å². The lowest BCUT2D eigenvalue weighted by atomic mass is 9.74. The molecule has 1 aliphatic heterocycles. The second-order valence-electron chi connectivity index (χ2n) is 4.85. The van der Waals surface area contributed by atoms with E-state index in [2.05, 4.69) is 27.7 Å². The van der Waals surface area contributed by atoms with Gasteiger partial charge in [-0.2, -0.15) is 0 Å². The summed E-state index contributed by atoms with van der Waals surface area (Å²) in [5.74, 6) is 0.924. The second-order valence-corrected chi connectivity index (χ2v) is 5.26. The van der Waals surface area contributed by atoms with Crippen LogP contribution in [0.3, 0.4) is 0 Å². The van der Waals surface area contributed by atoms with Gasteiger partial charge in [0.1, 0.15) is 11.4 Å². The van der Waals surface area contributed by atoms with Crippen molar-refractivity contribution in [2.24, 2.45) is 0 Å². The van der Waals surface area contributed by atoms with Gasteiger partial charge in [0, 0.05) is 16.0 Å². The van der Waals surface area contributed by atoms with Crippen molar-refractivity contribution in [3.05, 3.63) is 28.8 Å². The van der Waals surface area contributed by atoms with Gasteiger partial charge in [0.2, 0.25) is 0 Å². The Hall–Kier alpha value is -0.690. The van der Waals surface area contributed by atoms with E-state index in [0.29, 0.717) is 0 Å². The largest absolute Gasteiger partial charge is 0.487 e. The summed E-state index contributed by atoms with van der Waals surface area (Å²) in [6.07, 6.45) is 0. The average molecular weight is 211 g/mol. The first-order valence-electron chi connectivity index (χ1n) is 4.84. The Morgan fingerprint density at radius 1 is 1.14 bits per heavy atom. The minimum absolute atomic E-state index is 0.0410. The maximum atomic E-state index is 6.20. The molecule has 0 radical (unpaired) electrons. The third kappa shape index (κ3) is 1.08. The average Bonchev–Trinajstić information content (AvgIpc) is 2.19. The van der Waals surface area contributed by atoms with Crippen molar-refractivity contribution in [1.82, 2.24) is 0 Å². The maximum absolute atomic E-state index is 6.20. The van der Waals surface area contributed by atoms with Gasteiger partial charge in [-0.25, -0.2) is 0 Å². The highest BCUT2D eigenvalue weighted by Crippen LogP contribution is 2.51. The number of halogens is 1. The van der Waals surface area contributed by atoms with Crippen LogP contribution in [-0.2, 0) is 5.41 Å². The Labute approximate surface area is 90.0 Å². The lowest BCUT2D eigenvalue weighted by molar-refractivity contribution is 0.0713. The molecule has 2 rings (SSSR count). The molecule has 1 aromatic rings. The molecule has 0 saturated carbocycles. The monoisotopic (exact) mass is 210 g/mol. The van der Waals surface area contributed by atoms with E-state index in [-0.39, 0.29) is 11.0 Å². The van der Waals surface area contributed by atoms with E-state index in [4.69, 9.17) is 16.3 Å². The summed E-state index contributed by atoms with van der Waals surface area (Å²) >= 11 is 6.20. The topological polar surface area (TPSA) is 9.23 Å². The molecule has 0 bridgehead atoms. The molecule has 0 unspecified atom stereocenters. The SMILES string of the molecule is CC1(C)Oc2cccc(Cl)c2C1(C)C. The van der Waals surface area contributed by atoms with E-state index in [1.165, 1.54) is 0 Å². The Morgan fingerprint density at radius 2 is 1.79 bits per heavy atom. The Balaban J connectivity index is 2.68. The molecule has 0 saturated heterocycles. The van der Waals surface area contributed by atoms with Gasteiger partial charge < -0.3 is 4.74 Å². The molecule has 0 N–H and O–H groups in total. The van der Waals surface area contributed by atoms with Gasteiger partial charge in [0.25, 0.3) is 0 Å². The quantitative estimate of drug-likeness (QED) is 0.633. The molecule has 0 fully saturated rings.